The number of nitrogens with zero attached hydrogens (tertiary/aromatic N) is 1. The number of rotatable bonds is 6. The van der Waals surface area contributed by atoms with Crippen molar-refractivity contribution in [2.24, 2.45) is 11.8 Å². The van der Waals surface area contributed by atoms with Gasteiger partial charge in [0, 0.05) is 18.2 Å². The average Bonchev–Trinajstić information content (AvgIpc) is 2.35. The summed E-state index contributed by atoms with van der Waals surface area (Å²) in [6.45, 7) is 7.72. The summed E-state index contributed by atoms with van der Waals surface area (Å²) in [4.78, 5) is 10.0. The number of nitrogens with one attached hydrogen (secondary N) is 1. The van der Waals surface area contributed by atoms with Gasteiger partial charge in [-0.1, -0.05) is 33.8 Å². The molecule has 0 aliphatic carbocycles. The Labute approximate surface area is 119 Å². The Bertz CT molecular complexity index is 574. The first kappa shape index (κ1) is 16.6. The number of sulfonamides is 1. The Morgan fingerprint density at radius 3 is 2.15 bits per heavy atom. The normalized spacial score (nSPS) is 12.3. The molecule has 0 saturated heterocycles. The summed E-state index contributed by atoms with van der Waals surface area (Å²) >= 11 is 0. The molecule has 0 amide bonds. The van der Waals surface area contributed by atoms with E-state index in [0.29, 0.717) is 0 Å². The molecule has 0 fully saturated rings. The topological polar surface area (TPSA) is 89.3 Å². The molecule has 0 aromatic heterocycles. The second kappa shape index (κ2) is 6.32. The van der Waals surface area contributed by atoms with Crippen LogP contribution in [-0.4, -0.2) is 19.4 Å². The third-order valence-electron chi connectivity index (χ3n) is 3.07. The van der Waals surface area contributed by atoms with Crippen LogP contribution in [0, 0.1) is 22.0 Å². The number of nitro benzene ring substituents is 1. The van der Waals surface area contributed by atoms with Gasteiger partial charge in [0.15, 0.2) is 0 Å². The smallest absolute Gasteiger partial charge is 0.258 e. The number of nitro groups is 1. The van der Waals surface area contributed by atoms with Crippen molar-refractivity contribution in [3.05, 3.63) is 34.4 Å². The van der Waals surface area contributed by atoms with Crippen molar-refractivity contribution in [3.63, 3.8) is 0 Å². The first-order valence-electron chi connectivity index (χ1n) is 6.42. The van der Waals surface area contributed by atoms with Gasteiger partial charge in [-0.05, 0) is 17.9 Å². The second-order valence-electron chi connectivity index (χ2n) is 5.39. The van der Waals surface area contributed by atoms with Crippen LogP contribution in [0.4, 0.5) is 5.69 Å². The fraction of sp³-hybridized carbons (Fsp3) is 0.538. The van der Waals surface area contributed by atoms with Crippen LogP contribution in [0.2, 0.25) is 0 Å². The van der Waals surface area contributed by atoms with Gasteiger partial charge >= 0.3 is 0 Å². The molecule has 20 heavy (non-hydrogen) atoms. The Morgan fingerprint density at radius 2 is 1.70 bits per heavy atom. The summed E-state index contributed by atoms with van der Waals surface area (Å²) in [5, 5.41) is 10.7. The fourth-order valence-corrected chi connectivity index (χ4v) is 3.63. The molecule has 0 unspecified atom stereocenters. The lowest BCUT2D eigenvalue weighted by Crippen LogP contribution is -2.42. The molecule has 0 spiro atoms. The predicted molar refractivity (Wildman–Crippen MR) is 76.9 cm³/mol. The molecule has 1 rings (SSSR count). The van der Waals surface area contributed by atoms with Gasteiger partial charge < -0.3 is 0 Å². The van der Waals surface area contributed by atoms with E-state index in [-0.39, 0.29) is 28.5 Å². The molecule has 1 aromatic carbocycles. The van der Waals surface area contributed by atoms with Crippen molar-refractivity contribution < 1.29 is 13.3 Å². The van der Waals surface area contributed by atoms with E-state index >= 15 is 0 Å². The second-order valence-corrected chi connectivity index (χ2v) is 7.10. The third-order valence-corrected chi connectivity index (χ3v) is 4.52. The number of hydrogen-bond donors (Lipinski definition) is 1. The minimum atomic E-state index is -3.76. The van der Waals surface area contributed by atoms with Gasteiger partial charge in [-0.25, -0.2) is 13.1 Å². The van der Waals surface area contributed by atoms with Crippen LogP contribution in [-0.2, 0) is 10.0 Å². The molecule has 0 heterocycles. The highest BCUT2D eigenvalue weighted by Crippen LogP contribution is 2.20. The van der Waals surface area contributed by atoms with Crippen molar-refractivity contribution in [1.82, 2.24) is 4.72 Å². The van der Waals surface area contributed by atoms with Crippen LogP contribution in [0.5, 0.6) is 0 Å². The number of non-ortho nitro benzene ring substituents is 1. The molecule has 112 valence electrons. The summed E-state index contributed by atoms with van der Waals surface area (Å²) in [6.07, 6.45) is 0. The largest absolute Gasteiger partial charge is 0.270 e. The van der Waals surface area contributed by atoms with Crippen molar-refractivity contribution >= 4 is 15.7 Å². The summed E-state index contributed by atoms with van der Waals surface area (Å²) in [7, 11) is -3.76. The summed E-state index contributed by atoms with van der Waals surface area (Å²) in [5.41, 5.74) is -0.237. The molecule has 0 aliphatic rings. The van der Waals surface area contributed by atoms with E-state index in [1.54, 1.807) is 0 Å². The highest BCUT2D eigenvalue weighted by Gasteiger charge is 2.25. The van der Waals surface area contributed by atoms with E-state index < -0.39 is 14.9 Å². The zero-order valence-corrected chi connectivity index (χ0v) is 12.8. The SMILES string of the molecule is CC(C)C(NS(=O)(=O)c1cccc([N+](=O)[O-])c1)C(C)C. The third kappa shape index (κ3) is 4.01. The van der Waals surface area contributed by atoms with Crippen molar-refractivity contribution in [2.45, 2.75) is 38.6 Å². The van der Waals surface area contributed by atoms with E-state index in [2.05, 4.69) is 4.72 Å². The fourth-order valence-electron chi connectivity index (χ4n) is 2.05. The summed E-state index contributed by atoms with van der Waals surface area (Å²) in [5.74, 6) is 0.256. The standard InChI is InChI=1S/C13H20N2O4S/c1-9(2)13(10(3)4)14-20(18,19)12-7-5-6-11(8-12)15(16)17/h5-10,13-14H,1-4H3. The maximum atomic E-state index is 12.3. The maximum absolute atomic E-state index is 12.3. The lowest BCUT2D eigenvalue weighted by molar-refractivity contribution is -0.385. The lowest BCUT2D eigenvalue weighted by Gasteiger charge is -2.25. The molecule has 1 N–H and O–H groups in total. The van der Waals surface area contributed by atoms with Gasteiger partial charge in [0.2, 0.25) is 10.0 Å². The van der Waals surface area contributed by atoms with Crippen LogP contribution < -0.4 is 4.72 Å². The Morgan fingerprint density at radius 1 is 1.15 bits per heavy atom. The molecule has 6 nitrogen and oxygen atoms in total. The van der Waals surface area contributed by atoms with E-state index in [4.69, 9.17) is 0 Å². The monoisotopic (exact) mass is 300 g/mol. The number of hydrogen-bond acceptors (Lipinski definition) is 4. The van der Waals surface area contributed by atoms with Gasteiger partial charge in [0.05, 0.1) is 9.82 Å². The molecule has 0 atom stereocenters. The molecule has 7 heteroatoms. The van der Waals surface area contributed by atoms with Gasteiger partial charge in [-0.15, -0.1) is 0 Å². The first-order valence-corrected chi connectivity index (χ1v) is 7.90. The van der Waals surface area contributed by atoms with E-state index in [0.717, 1.165) is 6.07 Å². The quantitative estimate of drug-likeness (QED) is 0.646. The average molecular weight is 300 g/mol. The zero-order valence-electron chi connectivity index (χ0n) is 12.0. The Hall–Kier alpha value is -1.47. The van der Waals surface area contributed by atoms with Crippen LogP contribution in [0.25, 0.3) is 0 Å². The molecule has 0 radical (unpaired) electrons. The maximum Gasteiger partial charge on any atom is 0.270 e. The van der Waals surface area contributed by atoms with Gasteiger partial charge in [0.1, 0.15) is 0 Å². The highest BCUT2D eigenvalue weighted by atomic mass is 32.2. The van der Waals surface area contributed by atoms with Crippen molar-refractivity contribution in [1.29, 1.82) is 0 Å². The summed E-state index contributed by atoms with van der Waals surface area (Å²) in [6, 6.07) is 4.83. The van der Waals surface area contributed by atoms with Crippen molar-refractivity contribution in [2.75, 3.05) is 0 Å². The molecule has 0 saturated carbocycles. The molecule has 1 aromatic rings. The van der Waals surface area contributed by atoms with Gasteiger partial charge in [-0.3, -0.25) is 10.1 Å². The summed E-state index contributed by atoms with van der Waals surface area (Å²) < 4.78 is 27.2. The minimum Gasteiger partial charge on any atom is -0.258 e. The van der Waals surface area contributed by atoms with Crippen LogP contribution in [0.3, 0.4) is 0 Å². The Kier molecular flexibility index (Phi) is 5.24. The van der Waals surface area contributed by atoms with E-state index in [1.165, 1.54) is 18.2 Å². The van der Waals surface area contributed by atoms with E-state index in [9.17, 15) is 18.5 Å². The molecular formula is C13H20N2O4S. The molecular weight excluding hydrogens is 280 g/mol. The molecule has 0 aliphatic heterocycles. The highest BCUT2D eigenvalue weighted by molar-refractivity contribution is 7.89. The van der Waals surface area contributed by atoms with Gasteiger partial charge in [0.25, 0.3) is 5.69 Å². The van der Waals surface area contributed by atoms with Crippen LogP contribution in [0.1, 0.15) is 27.7 Å². The van der Waals surface area contributed by atoms with Crippen LogP contribution >= 0.6 is 0 Å². The minimum absolute atomic E-state index is 0.0852. The predicted octanol–water partition coefficient (Wildman–Crippen LogP) is 2.55. The zero-order chi connectivity index (χ0) is 15.5. The lowest BCUT2D eigenvalue weighted by atomic mass is 9.94. The Balaban J connectivity index is 3.10. The molecule has 0 bridgehead atoms. The number of benzene rings is 1. The van der Waals surface area contributed by atoms with Crippen LogP contribution in [0.15, 0.2) is 29.2 Å². The van der Waals surface area contributed by atoms with E-state index in [1.807, 2.05) is 27.7 Å². The first-order chi connectivity index (χ1) is 9.15. The van der Waals surface area contributed by atoms with Crippen molar-refractivity contribution in [3.8, 4) is 0 Å². The van der Waals surface area contributed by atoms with Gasteiger partial charge in [-0.2, -0.15) is 0 Å².